The number of rotatable bonds is 0. The molecule has 0 aliphatic carbocycles. The molecule has 0 spiro atoms. The van der Waals surface area contributed by atoms with Gasteiger partial charge in [0.05, 0.1) is 0 Å². The zero-order valence-corrected chi connectivity index (χ0v) is 11.8. The molecule has 0 amide bonds. The van der Waals surface area contributed by atoms with Crippen LogP contribution in [-0.4, -0.2) is 0 Å². The fraction of sp³-hybridized carbons (Fsp3) is 0.294. The molecule has 0 atom stereocenters. The topological polar surface area (TPSA) is 0 Å². The SMILES string of the molecule is C.CC.CC.c1ccc2c(c1)sc1ccccc12. The van der Waals surface area contributed by atoms with E-state index < -0.39 is 0 Å². The first-order valence-electron chi connectivity index (χ1n) is 6.31. The molecular formula is C17H24S. The lowest BCUT2D eigenvalue weighted by molar-refractivity contribution is 1.50. The summed E-state index contributed by atoms with van der Waals surface area (Å²) >= 11 is 1.86. The highest BCUT2D eigenvalue weighted by atomic mass is 32.1. The Hall–Kier alpha value is -1.34. The first-order valence-corrected chi connectivity index (χ1v) is 7.13. The molecule has 1 heteroatoms. The Labute approximate surface area is 115 Å². The van der Waals surface area contributed by atoms with Crippen LogP contribution in [0.3, 0.4) is 0 Å². The monoisotopic (exact) mass is 260 g/mol. The maximum Gasteiger partial charge on any atom is 0.0355 e. The number of hydrogen-bond donors (Lipinski definition) is 0. The van der Waals surface area contributed by atoms with Gasteiger partial charge in [0, 0.05) is 20.2 Å². The van der Waals surface area contributed by atoms with Crippen molar-refractivity contribution in [3.05, 3.63) is 48.5 Å². The van der Waals surface area contributed by atoms with Crippen LogP contribution in [0.1, 0.15) is 35.1 Å². The first-order chi connectivity index (χ1) is 8.45. The molecule has 3 rings (SSSR count). The van der Waals surface area contributed by atoms with Gasteiger partial charge in [-0.05, 0) is 12.1 Å². The number of thiophene rings is 1. The highest BCUT2D eigenvalue weighted by Gasteiger charge is 2.01. The normalized spacial score (nSPS) is 8.67. The molecule has 0 fully saturated rings. The van der Waals surface area contributed by atoms with Crippen LogP contribution in [-0.2, 0) is 0 Å². The van der Waals surface area contributed by atoms with E-state index in [9.17, 15) is 0 Å². The standard InChI is InChI=1S/C12H8S.2C2H6.CH4/c1-3-7-11-9(5-1)10-6-2-4-8-12(10)13-11;2*1-2;/h1-8H;2*1-2H3;1H4. The molecule has 0 radical (unpaired) electrons. The highest BCUT2D eigenvalue weighted by Crippen LogP contribution is 2.32. The molecule has 0 saturated carbocycles. The Kier molecular flexibility index (Phi) is 8.06. The molecule has 1 heterocycles. The Morgan fingerprint density at radius 2 is 0.944 bits per heavy atom. The summed E-state index contributed by atoms with van der Waals surface area (Å²) in [5.41, 5.74) is 0. The van der Waals surface area contributed by atoms with Gasteiger partial charge in [-0.1, -0.05) is 71.5 Å². The van der Waals surface area contributed by atoms with Crippen molar-refractivity contribution in [2.24, 2.45) is 0 Å². The zero-order valence-electron chi connectivity index (χ0n) is 11.0. The average Bonchev–Trinajstić information content (AvgIpc) is 2.82. The zero-order chi connectivity index (χ0) is 12.7. The molecule has 0 aliphatic heterocycles. The van der Waals surface area contributed by atoms with E-state index in [0.717, 1.165) is 0 Å². The van der Waals surface area contributed by atoms with Gasteiger partial charge < -0.3 is 0 Å². The molecule has 0 aliphatic rings. The van der Waals surface area contributed by atoms with Gasteiger partial charge in [0.25, 0.3) is 0 Å². The lowest BCUT2D eigenvalue weighted by atomic mass is 10.2. The average molecular weight is 260 g/mol. The van der Waals surface area contributed by atoms with Crippen molar-refractivity contribution in [2.75, 3.05) is 0 Å². The van der Waals surface area contributed by atoms with E-state index in [1.165, 1.54) is 20.2 Å². The van der Waals surface area contributed by atoms with Gasteiger partial charge in [-0.15, -0.1) is 11.3 Å². The largest absolute Gasteiger partial charge is 0.135 e. The third kappa shape index (κ3) is 3.33. The number of hydrogen-bond acceptors (Lipinski definition) is 1. The van der Waals surface area contributed by atoms with Gasteiger partial charge in [0.1, 0.15) is 0 Å². The summed E-state index contributed by atoms with van der Waals surface area (Å²) in [4.78, 5) is 0. The molecule has 0 nitrogen and oxygen atoms in total. The Bertz CT molecular complexity index is 513. The van der Waals surface area contributed by atoms with Gasteiger partial charge in [-0.2, -0.15) is 0 Å². The molecular weight excluding hydrogens is 236 g/mol. The van der Waals surface area contributed by atoms with Crippen LogP contribution in [0.25, 0.3) is 20.2 Å². The molecule has 0 bridgehead atoms. The van der Waals surface area contributed by atoms with E-state index in [1.54, 1.807) is 0 Å². The second-order valence-electron chi connectivity index (χ2n) is 3.09. The Morgan fingerprint density at radius 1 is 0.611 bits per heavy atom. The summed E-state index contributed by atoms with van der Waals surface area (Å²) in [5.74, 6) is 0. The second-order valence-corrected chi connectivity index (χ2v) is 4.18. The molecule has 0 N–H and O–H groups in total. The minimum Gasteiger partial charge on any atom is -0.135 e. The summed E-state index contributed by atoms with van der Waals surface area (Å²) in [6.07, 6.45) is 0. The third-order valence-electron chi connectivity index (χ3n) is 2.28. The molecule has 3 aromatic rings. The number of fused-ring (bicyclic) bond motifs is 3. The molecule has 18 heavy (non-hydrogen) atoms. The predicted octanol–water partition coefficient (Wildman–Crippen LogP) is 6.74. The van der Waals surface area contributed by atoms with Crippen LogP contribution in [0.15, 0.2) is 48.5 Å². The summed E-state index contributed by atoms with van der Waals surface area (Å²) in [6.45, 7) is 8.00. The van der Waals surface area contributed by atoms with E-state index in [4.69, 9.17) is 0 Å². The van der Waals surface area contributed by atoms with E-state index in [0.29, 0.717) is 0 Å². The quantitative estimate of drug-likeness (QED) is 0.419. The van der Waals surface area contributed by atoms with Crippen molar-refractivity contribution in [2.45, 2.75) is 35.1 Å². The van der Waals surface area contributed by atoms with Crippen LogP contribution < -0.4 is 0 Å². The fourth-order valence-electron chi connectivity index (χ4n) is 1.67. The van der Waals surface area contributed by atoms with E-state index in [2.05, 4.69) is 48.5 Å². The second kappa shape index (κ2) is 8.71. The minimum atomic E-state index is 0. The highest BCUT2D eigenvalue weighted by molar-refractivity contribution is 7.25. The fourth-order valence-corrected chi connectivity index (χ4v) is 2.78. The van der Waals surface area contributed by atoms with E-state index in [1.807, 2.05) is 39.0 Å². The van der Waals surface area contributed by atoms with Crippen molar-refractivity contribution in [1.29, 1.82) is 0 Å². The molecule has 98 valence electrons. The predicted molar refractivity (Wildman–Crippen MR) is 88.8 cm³/mol. The Balaban J connectivity index is 0.000000531. The van der Waals surface area contributed by atoms with Crippen molar-refractivity contribution < 1.29 is 0 Å². The number of benzene rings is 2. The summed E-state index contributed by atoms with van der Waals surface area (Å²) in [5, 5.41) is 2.76. The van der Waals surface area contributed by atoms with Gasteiger partial charge >= 0.3 is 0 Å². The van der Waals surface area contributed by atoms with Gasteiger partial charge in [-0.25, -0.2) is 0 Å². The summed E-state index contributed by atoms with van der Waals surface area (Å²) in [6, 6.07) is 17.1. The van der Waals surface area contributed by atoms with Crippen molar-refractivity contribution in [3.63, 3.8) is 0 Å². The van der Waals surface area contributed by atoms with Gasteiger partial charge in [0.15, 0.2) is 0 Å². The Morgan fingerprint density at radius 3 is 1.33 bits per heavy atom. The third-order valence-corrected chi connectivity index (χ3v) is 3.44. The molecule has 0 unspecified atom stereocenters. The van der Waals surface area contributed by atoms with Crippen LogP contribution >= 0.6 is 11.3 Å². The van der Waals surface area contributed by atoms with E-state index in [-0.39, 0.29) is 7.43 Å². The maximum atomic E-state index is 2.19. The summed E-state index contributed by atoms with van der Waals surface area (Å²) < 4.78 is 2.76. The van der Waals surface area contributed by atoms with Crippen LogP contribution in [0.5, 0.6) is 0 Å². The van der Waals surface area contributed by atoms with Gasteiger partial charge in [0.2, 0.25) is 0 Å². The van der Waals surface area contributed by atoms with Crippen molar-refractivity contribution in [3.8, 4) is 0 Å². The molecule has 0 saturated heterocycles. The lowest BCUT2D eigenvalue weighted by Crippen LogP contribution is -1.62. The summed E-state index contributed by atoms with van der Waals surface area (Å²) in [7, 11) is 0. The first kappa shape index (κ1) is 16.7. The minimum absolute atomic E-state index is 0. The van der Waals surface area contributed by atoms with E-state index >= 15 is 0 Å². The molecule has 2 aromatic carbocycles. The van der Waals surface area contributed by atoms with Crippen molar-refractivity contribution >= 4 is 31.5 Å². The van der Waals surface area contributed by atoms with Crippen LogP contribution in [0.4, 0.5) is 0 Å². The van der Waals surface area contributed by atoms with Crippen LogP contribution in [0, 0.1) is 0 Å². The lowest BCUT2D eigenvalue weighted by Gasteiger charge is -1.88. The smallest absolute Gasteiger partial charge is 0.0355 e. The van der Waals surface area contributed by atoms with Crippen LogP contribution in [0.2, 0.25) is 0 Å². The molecule has 1 aromatic heterocycles. The maximum absolute atomic E-state index is 2.19. The van der Waals surface area contributed by atoms with Crippen molar-refractivity contribution in [1.82, 2.24) is 0 Å². The van der Waals surface area contributed by atoms with Gasteiger partial charge in [-0.3, -0.25) is 0 Å².